The Bertz CT molecular complexity index is 542. The number of nitrogens with two attached hydrogens (primary N) is 1. The highest BCUT2D eigenvalue weighted by Crippen LogP contribution is 2.34. The third-order valence-corrected chi connectivity index (χ3v) is 3.81. The summed E-state index contributed by atoms with van der Waals surface area (Å²) in [6, 6.07) is 4.99. The molecular weight excluding hydrogens is 306 g/mol. The number of rotatable bonds is 6. The van der Waals surface area contributed by atoms with Crippen LogP contribution >= 0.6 is 0 Å². The Labute approximate surface area is 134 Å². The van der Waals surface area contributed by atoms with Crippen LogP contribution in [0.25, 0.3) is 0 Å². The van der Waals surface area contributed by atoms with Crippen molar-refractivity contribution in [2.24, 2.45) is 5.73 Å². The Balaban J connectivity index is 2.18. The number of carbonyl (C=O) groups is 1. The van der Waals surface area contributed by atoms with Crippen LogP contribution in [0.2, 0.25) is 0 Å². The van der Waals surface area contributed by atoms with E-state index < -0.39 is 5.92 Å². The molecule has 1 aromatic carbocycles. The van der Waals surface area contributed by atoms with E-state index in [1.54, 1.807) is 18.2 Å². The molecule has 1 aliphatic heterocycles. The van der Waals surface area contributed by atoms with Crippen molar-refractivity contribution in [3.05, 3.63) is 23.8 Å². The van der Waals surface area contributed by atoms with Gasteiger partial charge in [-0.05, 0) is 25.1 Å². The van der Waals surface area contributed by atoms with Gasteiger partial charge < -0.3 is 20.1 Å². The monoisotopic (exact) mass is 328 g/mol. The van der Waals surface area contributed by atoms with Gasteiger partial charge >= 0.3 is 0 Å². The number of para-hydroxylation sites is 1. The van der Waals surface area contributed by atoms with Crippen LogP contribution in [-0.2, 0) is 0 Å². The number of halogens is 2. The van der Waals surface area contributed by atoms with E-state index in [4.69, 9.17) is 15.2 Å². The van der Waals surface area contributed by atoms with Gasteiger partial charge in [0.2, 0.25) is 0 Å². The summed E-state index contributed by atoms with van der Waals surface area (Å²) in [6.45, 7) is 0.894. The number of likely N-dealkylation sites (tertiary alicyclic amines) is 1. The minimum Gasteiger partial charge on any atom is -0.493 e. The molecule has 2 rings (SSSR count). The molecule has 1 saturated heterocycles. The first-order valence-electron chi connectivity index (χ1n) is 7.65. The van der Waals surface area contributed by atoms with Gasteiger partial charge in [-0.3, -0.25) is 4.79 Å². The molecule has 23 heavy (non-hydrogen) atoms. The van der Waals surface area contributed by atoms with Crippen molar-refractivity contribution in [1.29, 1.82) is 0 Å². The normalized spacial score (nSPS) is 17.0. The van der Waals surface area contributed by atoms with Gasteiger partial charge in [-0.15, -0.1) is 0 Å². The summed E-state index contributed by atoms with van der Waals surface area (Å²) in [5, 5.41) is 0. The number of nitrogens with zero attached hydrogens (tertiary/aromatic N) is 1. The van der Waals surface area contributed by atoms with Crippen LogP contribution in [0.15, 0.2) is 18.2 Å². The molecule has 0 spiro atoms. The van der Waals surface area contributed by atoms with Crippen LogP contribution in [0.1, 0.15) is 29.6 Å². The summed E-state index contributed by atoms with van der Waals surface area (Å²) in [5.41, 5.74) is 5.77. The Morgan fingerprint density at radius 3 is 2.65 bits per heavy atom. The van der Waals surface area contributed by atoms with Crippen LogP contribution in [-0.4, -0.2) is 50.1 Å². The topological polar surface area (TPSA) is 64.8 Å². The van der Waals surface area contributed by atoms with Crippen molar-refractivity contribution >= 4 is 5.91 Å². The third-order valence-electron chi connectivity index (χ3n) is 3.81. The molecule has 0 aromatic heterocycles. The number of ether oxygens (including phenoxy) is 2. The van der Waals surface area contributed by atoms with E-state index >= 15 is 0 Å². The van der Waals surface area contributed by atoms with E-state index in [0.717, 1.165) is 0 Å². The number of hydrogen-bond acceptors (Lipinski definition) is 4. The highest BCUT2D eigenvalue weighted by atomic mass is 19.3. The van der Waals surface area contributed by atoms with Crippen molar-refractivity contribution in [3.63, 3.8) is 0 Å². The second-order valence-corrected chi connectivity index (χ2v) is 5.48. The first kappa shape index (κ1) is 17.5. The largest absolute Gasteiger partial charge is 0.493 e. The predicted octanol–water partition coefficient (Wildman–Crippen LogP) is 2.29. The Kier molecular flexibility index (Phi) is 5.76. The molecule has 2 N–H and O–H groups in total. The maximum atomic E-state index is 13.3. The van der Waals surface area contributed by atoms with Crippen molar-refractivity contribution in [2.45, 2.75) is 25.2 Å². The lowest BCUT2D eigenvalue weighted by Crippen LogP contribution is -2.42. The fraction of sp³-hybridized carbons (Fsp3) is 0.562. The van der Waals surface area contributed by atoms with Crippen molar-refractivity contribution in [1.82, 2.24) is 4.90 Å². The molecule has 1 aromatic rings. The van der Waals surface area contributed by atoms with Crippen LogP contribution in [0.5, 0.6) is 11.5 Å². The van der Waals surface area contributed by atoms with Gasteiger partial charge in [-0.25, -0.2) is 8.78 Å². The van der Waals surface area contributed by atoms with Gasteiger partial charge in [0.15, 0.2) is 11.5 Å². The average Bonchev–Trinajstić information content (AvgIpc) is 2.54. The quantitative estimate of drug-likeness (QED) is 0.814. The molecule has 1 aliphatic rings. The smallest absolute Gasteiger partial charge is 0.257 e. The molecule has 7 heteroatoms. The number of methoxy groups -OCH3 is 1. The summed E-state index contributed by atoms with van der Waals surface area (Å²) in [6.07, 6.45) is 0.0137. The van der Waals surface area contributed by atoms with Gasteiger partial charge in [0, 0.05) is 25.9 Å². The maximum Gasteiger partial charge on any atom is 0.257 e. The van der Waals surface area contributed by atoms with E-state index in [0.29, 0.717) is 36.6 Å². The van der Waals surface area contributed by atoms with Crippen molar-refractivity contribution < 1.29 is 23.0 Å². The zero-order chi connectivity index (χ0) is 16.9. The molecule has 0 saturated carbocycles. The highest BCUT2D eigenvalue weighted by Gasteiger charge is 2.36. The van der Waals surface area contributed by atoms with Crippen LogP contribution < -0.4 is 15.2 Å². The summed E-state index contributed by atoms with van der Waals surface area (Å²) in [5.74, 6) is -2.23. The second kappa shape index (κ2) is 7.59. The first-order chi connectivity index (χ1) is 11.0. The number of piperidine rings is 1. The number of alkyl halides is 2. The predicted molar refractivity (Wildman–Crippen MR) is 82.2 cm³/mol. The van der Waals surface area contributed by atoms with Gasteiger partial charge in [0.1, 0.15) is 0 Å². The minimum atomic E-state index is -2.69. The summed E-state index contributed by atoms with van der Waals surface area (Å²) in [7, 11) is 1.49. The van der Waals surface area contributed by atoms with Gasteiger partial charge in [-0.1, -0.05) is 6.07 Å². The second-order valence-electron chi connectivity index (χ2n) is 5.48. The molecule has 1 amide bonds. The van der Waals surface area contributed by atoms with E-state index in [1.165, 1.54) is 12.0 Å². The first-order valence-corrected chi connectivity index (χ1v) is 7.65. The molecule has 128 valence electrons. The van der Waals surface area contributed by atoms with Gasteiger partial charge in [0.25, 0.3) is 11.8 Å². The van der Waals surface area contributed by atoms with E-state index in [-0.39, 0.29) is 31.8 Å². The molecular formula is C16H22F2N2O3. The highest BCUT2D eigenvalue weighted by molar-refractivity contribution is 5.97. The standard InChI is InChI=1S/C16H22F2N2O3/c1-22-13-5-2-4-12(14(13)23-11-3-8-19)15(21)20-9-6-16(17,18)7-10-20/h2,4-5H,3,6-11,19H2,1H3. The number of amides is 1. The molecule has 0 bridgehead atoms. The summed E-state index contributed by atoms with van der Waals surface area (Å²) < 4.78 is 37.4. The van der Waals surface area contributed by atoms with Crippen molar-refractivity contribution in [2.75, 3.05) is 33.4 Å². The fourth-order valence-corrected chi connectivity index (χ4v) is 2.46. The molecule has 5 nitrogen and oxygen atoms in total. The fourth-order valence-electron chi connectivity index (χ4n) is 2.46. The third kappa shape index (κ3) is 4.31. The number of benzene rings is 1. The Morgan fingerprint density at radius 2 is 2.04 bits per heavy atom. The minimum absolute atomic E-state index is 0.0330. The van der Waals surface area contributed by atoms with E-state index in [1.807, 2.05) is 0 Å². The van der Waals surface area contributed by atoms with Gasteiger partial charge in [-0.2, -0.15) is 0 Å². The number of carbonyl (C=O) groups excluding carboxylic acids is 1. The molecule has 0 unspecified atom stereocenters. The van der Waals surface area contributed by atoms with Crippen LogP contribution in [0.3, 0.4) is 0 Å². The van der Waals surface area contributed by atoms with Crippen LogP contribution in [0, 0.1) is 0 Å². The lowest BCUT2D eigenvalue weighted by atomic mass is 10.0. The maximum absolute atomic E-state index is 13.3. The van der Waals surface area contributed by atoms with E-state index in [2.05, 4.69) is 0 Å². The summed E-state index contributed by atoms with van der Waals surface area (Å²) in [4.78, 5) is 14.1. The molecule has 1 fully saturated rings. The number of hydrogen-bond donors (Lipinski definition) is 1. The zero-order valence-corrected chi connectivity index (χ0v) is 13.2. The van der Waals surface area contributed by atoms with Crippen molar-refractivity contribution in [3.8, 4) is 11.5 Å². The van der Waals surface area contributed by atoms with Gasteiger partial charge in [0.05, 0.1) is 19.3 Å². The summed E-state index contributed by atoms with van der Waals surface area (Å²) >= 11 is 0. The molecule has 0 radical (unpaired) electrons. The lowest BCUT2D eigenvalue weighted by Gasteiger charge is -2.32. The Morgan fingerprint density at radius 1 is 1.35 bits per heavy atom. The SMILES string of the molecule is COc1cccc(C(=O)N2CCC(F)(F)CC2)c1OCCCN. The Hall–Kier alpha value is -1.89. The zero-order valence-electron chi connectivity index (χ0n) is 13.2. The lowest BCUT2D eigenvalue weighted by molar-refractivity contribution is -0.0494. The molecule has 1 heterocycles. The van der Waals surface area contributed by atoms with E-state index in [9.17, 15) is 13.6 Å². The van der Waals surface area contributed by atoms with Crippen LogP contribution in [0.4, 0.5) is 8.78 Å². The average molecular weight is 328 g/mol. The molecule has 0 atom stereocenters. The molecule has 0 aliphatic carbocycles.